The van der Waals surface area contributed by atoms with Crippen LogP contribution in [-0.2, 0) is 9.53 Å². The third kappa shape index (κ3) is 3.58. The number of carbonyl (C=O) groups excluding carboxylic acids is 1. The van der Waals surface area contributed by atoms with Crippen molar-refractivity contribution in [3.8, 4) is 0 Å². The monoisotopic (exact) mass is 118 g/mol. The van der Waals surface area contributed by atoms with Crippen molar-refractivity contribution in [2.24, 2.45) is 11.5 Å². The lowest BCUT2D eigenvalue weighted by Crippen LogP contribution is -2.20. The number of esters is 1. The van der Waals surface area contributed by atoms with Crippen LogP contribution in [0.2, 0.25) is 0 Å². The molecule has 0 saturated heterocycles. The molecule has 0 aliphatic heterocycles. The first-order valence-electron chi connectivity index (χ1n) is 2.37. The molecular formula is C4H10N2O2. The minimum atomic E-state index is -0.407. The summed E-state index contributed by atoms with van der Waals surface area (Å²) in [6.45, 7) is 0.543. The zero-order valence-electron chi connectivity index (χ0n) is 4.59. The van der Waals surface area contributed by atoms with E-state index < -0.39 is 5.97 Å². The Balaban J connectivity index is 2.99. The number of nitrogens with two attached hydrogens (primary N) is 2. The maximum absolute atomic E-state index is 10.2. The summed E-state index contributed by atoms with van der Waals surface area (Å²) in [4.78, 5) is 10.2. The Bertz CT molecular complexity index is 74.4. The first-order valence-corrected chi connectivity index (χ1v) is 2.37. The van der Waals surface area contributed by atoms with Crippen LogP contribution in [0.4, 0.5) is 0 Å². The molecule has 0 aromatic heterocycles. The molecule has 0 aromatic rings. The van der Waals surface area contributed by atoms with Crippen LogP contribution in [0.5, 0.6) is 0 Å². The van der Waals surface area contributed by atoms with Crippen molar-refractivity contribution in [1.82, 2.24) is 0 Å². The van der Waals surface area contributed by atoms with Gasteiger partial charge in [-0.3, -0.25) is 4.79 Å². The molecule has 0 bridgehead atoms. The van der Waals surface area contributed by atoms with E-state index in [1.165, 1.54) is 0 Å². The molecule has 0 fully saturated rings. The summed E-state index contributed by atoms with van der Waals surface area (Å²) in [5.74, 6) is -0.407. The largest absolute Gasteiger partial charge is 0.463 e. The number of carbonyl (C=O) groups is 1. The molecule has 8 heavy (non-hydrogen) atoms. The lowest BCUT2D eigenvalue weighted by Gasteiger charge is -1.97. The molecule has 4 heteroatoms. The molecule has 0 rings (SSSR count). The average Bonchev–Trinajstić information content (AvgIpc) is 1.83. The molecule has 0 spiro atoms. The van der Waals surface area contributed by atoms with E-state index in [9.17, 15) is 4.79 Å². The Morgan fingerprint density at radius 2 is 2.12 bits per heavy atom. The fraction of sp³-hybridized carbons (Fsp3) is 0.750. The second-order valence-corrected chi connectivity index (χ2v) is 1.21. The van der Waals surface area contributed by atoms with Crippen LogP contribution in [0.3, 0.4) is 0 Å². The van der Waals surface area contributed by atoms with Crippen LogP contribution in [-0.4, -0.2) is 25.7 Å². The normalized spacial score (nSPS) is 8.75. The molecule has 48 valence electrons. The van der Waals surface area contributed by atoms with Gasteiger partial charge >= 0.3 is 5.97 Å². The van der Waals surface area contributed by atoms with Gasteiger partial charge in [0.15, 0.2) is 0 Å². The van der Waals surface area contributed by atoms with Gasteiger partial charge in [0.05, 0.1) is 6.54 Å². The van der Waals surface area contributed by atoms with E-state index >= 15 is 0 Å². The summed E-state index contributed by atoms with van der Waals surface area (Å²) < 4.78 is 4.45. The van der Waals surface area contributed by atoms with Crippen LogP contribution in [0.15, 0.2) is 0 Å². The third-order valence-electron chi connectivity index (χ3n) is 0.548. The molecule has 0 aromatic carbocycles. The zero-order chi connectivity index (χ0) is 6.41. The second-order valence-electron chi connectivity index (χ2n) is 1.21. The molecule has 0 radical (unpaired) electrons. The van der Waals surface area contributed by atoms with E-state index in [0.717, 1.165) is 0 Å². The van der Waals surface area contributed by atoms with Gasteiger partial charge in [-0.15, -0.1) is 0 Å². The van der Waals surface area contributed by atoms with Gasteiger partial charge in [0.25, 0.3) is 0 Å². The molecule has 0 heterocycles. The maximum atomic E-state index is 10.2. The van der Waals surface area contributed by atoms with E-state index in [1.54, 1.807) is 0 Å². The predicted octanol–water partition coefficient (Wildman–Crippen LogP) is -1.55. The molecule has 0 unspecified atom stereocenters. The van der Waals surface area contributed by atoms with E-state index in [4.69, 9.17) is 11.5 Å². The highest BCUT2D eigenvalue weighted by Gasteiger charge is 1.93. The van der Waals surface area contributed by atoms with Crippen LogP contribution in [0, 0.1) is 0 Å². The summed E-state index contributed by atoms with van der Waals surface area (Å²) >= 11 is 0. The van der Waals surface area contributed by atoms with Crippen molar-refractivity contribution in [2.45, 2.75) is 0 Å². The SMILES string of the molecule is NCCOC(=O)CN. The molecule has 0 atom stereocenters. The number of hydrogen-bond donors (Lipinski definition) is 2. The summed E-state index contributed by atoms with van der Waals surface area (Å²) in [6, 6.07) is 0. The van der Waals surface area contributed by atoms with Gasteiger partial charge in [0, 0.05) is 6.54 Å². The third-order valence-corrected chi connectivity index (χ3v) is 0.548. The molecule has 0 aliphatic rings. The van der Waals surface area contributed by atoms with Crippen LogP contribution >= 0.6 is 0 Å². The fourth-order valence-corrected chi connectivity index (χ4v) is 0.232. The van der Waals surface area contributed by atoms with Crippen LogP contribution < -0.4 is 11.5 Å². The molecule has 0 aliphatic carbocycles. The smallest absolute Gasteiger partial charge is 0.319 e. The van der Waals surface area contributed by atoms with Gasteiger partial charge in [-0.2, -0.15) is 0 Å². The number of hydrogen-bond acceptors (Lipinski definition) is 4. The molecule has 4 N–H and O–H groups in total. The van der Waals surface area contributed by atoms with Gasteiger partial charge in [-0.1, -0.05) is 0 Å². The first-order chi connectivity index (χ1) is 3.81. The highest BCUT2D eigenvalue weighted by molar-refractivity contribution is 5.71. The van der Waals surface area contributed by atoms with Crippen molar-refractivity contribution in [3.05, 3.63) is 0 Å². The van der Waals surface area contributed by atoms with Crippen molar-refractivity contribution in [1.29, 1.82) is 0 Å². The Morgan fingerprint density at radius 1 is 1.50 bits per heavy atom. The minimum absolute atomic E-state index is 0.0694. The molecule has 0 amide bonds. The highest BCUT2D eigenvalue weighted by Crippen LogP contribution is 1.70. The summed E-state index contributed by atoms with van der Waals surface area (Å²) in [5.41, 5.74) is 9.91. The maximum Gasteiger partial charge on any atom is 0.319 e. The van der Waals surface area contributed by atoms with Gasteiger partial charge in [0.2, 0.25) is 0 Å². The Kier molecular flexibility index (Phi) is 4.20. The zero-order valence-corrected chi connectivity index (χ0v) is 4.59. The standard InChI is InChI=1S/C4H10N2O2/c5-1-2-8-4(7)3-6/h1-3,5-6H2. The molecule has 0 saturated carbocycles. The lowest BCUT2D eigenvalue weighted by molar-refractivity contribution is -0.141. The molecule has 4 nitrogen and oxygen atoms in total. The van der Waals surface area contributed by atoms with Gasteiger partial charge in [0.1, 0.15) is 6.61 Å². The Morgan fingerprint density at radius 3 is 2.50 bits per heavy atom. The molecular weight excluding hydrogens is 108 g/mol. The quantitative estimate of drug-likeness (QED) is 0.439. The lowest BCUT2D eigenvalue weighted by atomic mass is 10.6. The minimum Gasteiger partial charge on any atom is -0.463 e. The second kappa shape index (κ2) is 4.55. The van der Waals surface area contributed by atoms with E-state index in [0.29, 0.717) is 6.54 Å². The van der Waals surface area contributed by atoms with Gasteiger partial charge in [-0.05, 0) is 0 Å². The van der Waals surface area contributed by atoms with Crippen molar-refractivity contribution < 1.29 is 9.53 Å². The van der Waals surface area contributed by atoms with E-state index in [1.807, 2.05) is 0 Å². The Hall–Kier alpha value is -0.610. The Labute approximate surface area is 47.8 Å². The van der Waals surface area contributed by atoms with Crippen molar-refractivity contribution in [3.63, 3.8) is 0 Å². The number of rotatable bonds is 3. The van der Waals surface area contributed by atoms with Gasteiger partial charge < -0.3 is 16.2 Å². The van der Waals surface area contributed by atoms with Crippen molar-refractivity contribution >= 4 is 5.97 Å². The first kappa shape index (κ1) is 7.39. The summed E-state index contributed by atoms with van der Waals surface area (Å²) in [7, 11) is 0. The predicted molar refractivity (Wildman–Crippen MR) is 29.1 cm³/mol. The number of ether oxygens (including phenoxy) is 1. The highest BCUT2D eigenvalue weighted by atomic mass is 16.5. The summed E-state index contributed by atoms with van der Waals surface area (Å²) in [6.07, 6.45) is 0. The van der Waals surface area contributed by atoms with Crippen LogP contribution in [0.1, 0.15) is 0 Å². The van der Waals surface area contributed by atoms with Gasteiger partial charge in [-0.25, -0.2) is 0 Å². The fourth-order valence-electron chi connectivity index (χ4n) is 0.232. The van der Waals surface area contributed by atoms with Crippen molar-refractivity contribution in [2.75, 3.05) is 19.7 Å². The average molecular weight is 118 g/mol. The van der Waals surface area contributed by atoms with Crippen LogP contribution in [0.25, 0.3) is 0 Å². The van der Waals surface area contributed by atoms with E-state index in [-0.39, 0.29) is 13.2 Å². The topological polar surface area (TPSA) is 78.3 Å². The summed E-state index contributed by atoms with van der Waals surface area (Å²) in [5, 5.41) is 0. The van der Waals surface area contributed by atoms with E-state index in [2.05, 4.69) is 4.74 Å².